The molecular weight excluding hydrogens is 174 g/mol. The summed E-state index contributed by atoms with van der Waals surface area (Å²) in [4.78, 5) is 13.2. The zero-order chi connectivity index (χ0) is 10.8. The zero-order valence-electron chi connectivity index (χ0n) is 9.97. The van der Waals surface area contributed by atoms with Gasteiger partial charge in [0.15, 0.2) is 0 Å². The third-order valence-electron chi connectivity index (χ3n) is 3.10. The van der Waals surface area contributed by atoms with Gasteiger partial charge in [-0.1, -0.05) is 27.2 Å². The van der Waals surface area contributed by atoms with E-state index in [4.69, 9.17) is 0 Å². The maximum absolute atomic E-state index is 11.3. The van der Waals surface area contributed by atoms with E-state index in [1.165, 1.54) is 19.3 Å². The zero-order valence-corrected chi connectivity index (χ0v) is 9.97. The van der Waals surface area contributed by atoms with Gasteiger partial charge in [0, 0.05) is 19.5 Å². The summed E-state index contributed by atoms with van der Waals surface area (Å²) in [6, 6.07) is 0.518. The van der Waals surface area contributed by atoms with Gasteiger partial charge in [-0.25, -0.2) is 0 Å². The van der Waals surface area contributed by atoms with Crippen molar-refractivity contribution in [3.8, 4) is 0 Å². The summed E-state index contributed by atoms with van der Waals surface area (Å²) in [5, 5.41) is 0. The molecule has 0 spiro atoms. The molecule has 0 N–H and O–H groups in total. The number of amides is 1. The minimum atomic E-state index is 0.325. The Morgan fingerprint density at radius 1 is 1.43 bits per heavy atom. The van der Waals surface area contributed by atoms with Gasteiger partial charge in [0.1, 0.15) is 0 Å². The molecular formula is C12H23NO. The minimum Gasteiger partial charge on any atom is -0.343 e. The number of hydrogen-bond acceptors (Lipinski definition) is 1. The molecule has 0 aromatic heterocycles. The fourth-order valence-electron chi connectivity index (χ4n) is 2.07. The van der Waals surface area contributed by atoms with Crippen molar-refractivity contribution >= 4 is 5.91 Å². The van der Waals surface area contributed by atoms with Crippen molar-refractivity contribution in [3.05, 3.63) is 0 Å². The molecule has 0 aromatic carbocycles. The lowest BCUT2D eigenvalue weighted by atomic mass is 9.89. The predicted octanol–water partition coefficient (Wildman–Crippen LogP) is 2.82. The third-order valence-corrected chi connectivity index (χ3v) is 3.10. The SMILES string of the molecule is CN1C(=O)CCC1CCCC(C)(C)C. The van der Waals surface area contributed by atoms with E-state index in [2.05, 4.69) is 20.8 Å². The van der Waals surface area contributed by atoms with Crippen LogP contribution in [0.25, 0.3) is 0 Å². The van der Waals surface area contributed by atoms with Gasteiger partial charge in [-0.05, 0) is 24.7 Å². The molecule has 14 heavy (non-hydrogen) atoms. The maximum Gasteiger partial charge on any atom is 0.222 e. The fourth-order valence-corrected chi connectivity index (χ4v) is 2.07. The van der Waals surface area contributed by atoms with Crippen LogP contribution in [-0.4, -0.2) is 23.9 Å². The number of carbonyl (C=O) groups is 1. The number of rotatable bonds is 3. The van der Waals surface area contributed by atoms with Crippen molar-refractivity contribution in [1.29, 1.82) is 0 Å². The van der Waals surface area contributed by atoms with Crippen LogP contribution in [0, 0.1) is 5.41 Å². The van der Waals surface area contributed by atoms with E-state index in [0.29, 0.717) is 17.4 Å². The van der Waals surface area contributed by atoms with Crippen LogP contribution >= 0.6 is 0 Å². The first-order valence-electron chi connectivity index (χ1n) is 5.66. The molecule has 1 saturated heterocycles. The van der Waals surface area contributed by atoms with Gasteiger partial charge in [0.25, 0.3) is 0 Å². The van der Waals surface area contributed by atoms with E-state index in [-0.39, 0.29) is 0 Å². The van der Waals surface area contributed by atoms with Crippen molar-refractivity contribution < 1.29 is 4.79 Å². The van der Waals surface area contributed by atoms with Gasteiger partial charge >= 0.3 is 0 Å². The van der Waals surface area contributed by atoms with E-state index >= 15 is 0 Å². The summed E-state index contributed by atoms with van der Waals surface area (Å²) < 4.78 is 0. The maximum atomic E-state index is 11.3. The highest BCUT2D eigenvalue weighted by Gasteiger charge is 2.27. The van der Waals surface area contributed by atoms with Gasteiger partial charge in [0.05, 0.1) is 0 Å². The summed E-state index contributed by atoms with van der Waals surface area (Å²) >= 11 is 0. The number of likely N-dealkylation sites (tertiary alicyclic amines) is 1. The second-order valence-electron chi connectivity index (χ2n) is 5.65. The molecule has 0 bridgehead atoms. The molecule has 2 heteroatoms. The average molecular weight is 197 g/mol. The Bertz CT molecular complexity index is 205. The van der Waals surface area contributed by atoms with E-state index in [9.17, 15) is 4.79 Å². The third kappa shape index (κ3) is 3.32. The van der Waals surface area contributed by atoms with Crippen LogP contribution in [0.3, 0.4) is 0 Å². The lowest BCUT2D eigenvalue weighted by Gasteiger charge is -2.22. The van der Waals surface area contributed by atoms with E-state index in [1.807, 2.05) is 11.9 Å². The van der Waals surface area contributed by atoms with Gasteiger partial charge in [-0.3, -0.25) is 4.79 Å². The van der Waals surface area contributed by atoms with Crippen LogP contribution in [0.5, 0.6) is 0 Å². The molecule has 1 aliphatic rings. The Kier molecular flexibility index (Phi) is 3.57. The van der Waals surface area contributed by atoms with Gasteiger partial charge < -0.3 is 4.90 Å². The van der Waals surface area contributed by atoms with Crippen molar-refractivity contribution in [2.24, 2.45) is 5.41 Å². The summed E-state index contributed by atoms with van der Waals surface area (Å²) in [7, 11) is 1.94. The Labute approximate surface area is 87.7 Å². The fraction of sp³-hybridized carbons (Fsp3) is 0.917. The molecule has 0 radical (unpaired) electrons. The van der Waals surface area contributed by atoms with Crippen molar-refractivity contribution in [2.75, 3.05) is 7.05 Å². The van der Waals surface area contributed by atoms with Crippen molar-refractivity contribution in [3.63, 3.8) is 0 Å². The molecule has 1 amide bonds. The van der Waals surface area contributed by atoms with Gasteiger partial charge in [0.2, 0.25) is 5.91 Å². The van der Waals surface area contributed by atoms with Crippen LogP contribution < -0.4 is 0 Å². The molecule has 0 saturated carbocycles. The molecule has 2 nitrogen and oxygen atoms in total. The largest absolute Gasteiger partial charge is 0.343 e. The molecule has 82 valence electrons. The Balaban J connectivity index is 2.23. The minimum absolute atomic E-state index is 0.325. The van der Waals surface area contributed by atoms with Gasteiger partial charge in [-0.2, -0.15) is 0 Å². The smallest absolute Gasteiger partial charge is 0.222 e. The number of hydrogen-bond donors (Lipinski definition) is 0. The van der Waals surface area contributed by atoms with Crippen molar-refractivity contribution in [2.45, 2.75) is 58.9 Å². The van der Waals surface area contributed by atoms with Crippen LogP contribution in [0.1, 0.15) is 52.9 Å². The first-order chi connectivity index (χ1) is 6.40. The summed E-state index contributed by atoms with van der Waals surface area (Å²) in [6.45, 7) is 6.82. The molecule has 1 heterocycles. The topological polar surface area (TPSA) is 20.3 Å². The quantitative estimate of drug-likeness (QED) is 0.681. The summed E-state index contributed by atoms with van der Waals surface area (Å²) in [5.74, 6) is 0.325. The van der Waals surface area contributed by atoms with Crippen LogP contribution in [0.15, 0.2) is 0 Å². The lowest BCUT2D eigenvalue weighted by molar-refractivity contribution is -0.127. The second kappa shape index (κ2) is 4.33. The van der Waals surface area contributed by atoms with E-state index in [1.54, 1.807) is 0 Å². The monoisotopic (exact) mass is 197 g/mol. The van der Waals surface area contributed by atoms with Crippen LogP contribution in [-0.2, 0) is 4.79 Å². The lowest BCUT2D eigenvalue weighted by Crippen LogP contribution is -2.28. The molecule has 1 rings (SSSR count). The standard InChI is InChI=1S/C12H23NO/c1-12(2,3)9-5-6-10-7-8-11(14)13(10)4/h10H,5-9H2,1-4H3. The molecule has 1 atom stereocenters. The first-order valence-corrected chi connectivity index (χ1v) is 5.66. The predicted molar refractivity (Wildman–Crippen MR) is 59.1 cm³/mol. The highest BCUT2D eigenvalue weighted by Crippen LogP contribution is 2.26. The molecule has 0 aromatic rings. The highest BCUT2D eigenvalue weighted by atomic mass is 16.2. The molecule has 1 fully saturated rings. The Hall–Kier alpha value is -0.530. The second-order valence-corrected chi connectivity index (χ2v) is 5.65. The van der Waals surface area contributed by atoms with E-state index < -0.39 is 0 Å². The average Bonchev–Trinajstić information content (AvgIpc) is 2.33. The first kappa shape index (κ1) is 11.5. The van der Waals surface area contributed by atoms with Crippen LogP contribution in [0.4, 0.5) is 0 Å². The van der Waals surface area contributed by atoms with Crippen LogP contribution in [0.2, 0.25) is 0 Å². The number of nitrogens with zero attached hydrogens (tertiary/aromatic N) is 1. The Morgan fingerprint density at radius 3 is 2.50 bits per heavy atom. The highest BCUT2D eigenvalue weighted by molar-refractivity contribution is 5.78. The molecule has 1 unspecified atom stereocenters. The summed E-state index contributed by atoms with van der Waals surface area (Å²) in [6.07, 6.45) is 5.51. The summed E-state index contributed by atoms with van der Waals surface area (Å²) in [5.41, 5.74) is 0.432. The normalized spacial score (nSPS) is 23.3. The molecule has 0 aliphatic carbocycles. The van der Waals surface area contributed by atoms with Gasteiger partial charge in [-0.15, -0.1) is 0 Å². The molecule has 1 aliphatic heterocycles. The van der Waals surface area contributed by atoms with Crippen molar-refractivity contribution in [1.82, 2.24) is 4.90 Å². The van der Waals surface area contributed by atoms with E-state index in [0.717, 1.165) is 12.8 Å². The number of carbonyl (C=O) groups excluding carboxylic acids is 1. The Morgan fingerprint density at radius 2 is 2.07 bits per heavy atom.